The van der Waals surface area contributed by atoms with Gasteiger partial charge in [-0.1, -0.05) is 6.07 Å². The third kappa shape index (κ3) is 3.57. The van der Waals surface area contributed by atoms with Gasteiger partial charge in [-0.2, -0.15) is 0 Å². The average molecular weight is 341 g/mol. The molecule has 0 saturated carbocycles. The number of fused-ring (bicyclic) bond motifs is 3. The number of aromatic nitrogens is 3. The molecule has 0 radical (unpaired) electrons. The molecule has 0 spiro atoms. The number of methoxy groups -OCH3 is 1. The van der Waals surface area contributed by atoms with Crippen molar-refractivity contribution in [2.75, 3.05) is 44.9 Å². The first-order valence-electron chi connectivity index (χ1n) is 8.64. The van der Waals surface area contributed by atoms with Crippen LogP contribution >= 0.6 is 0 Å². The predicted molar refractivity (Wildman–Crippen MR) is 93.5 cm³/mol. The zero-order valence-electron chi connectivity index (χ0n) is 14.4. The van der Waals surface area contributed by atoms with Crippen molar-refractivity contribution in [1.29, 1.82) is 0 Å². The van der Waals surface area contributed by atoms with Crippen LogP contribution in [-0.2, 0) is 11.3 Å². The van der Waals surface area contributed by atoms with Crippen molar-refractivity contribution in [3.05, 3.63) is 42.5 Å². The second-order valence-corrected chi connectivity index (χ2v) is 6.64. The SMILES string of the molecule is COc1nccnc1N1C[C@@H]2COC[C@H](C1)N(Cc1cccnc1)C2. The molecule has 2 aliphatic rings. The zero-order valence-corrected chi connectivity index (χ0v) is 14.4. The van der Waals surface area contributed by atoms with Crippen LogP contribution in [0.3, 0.4) is 0 Å². The van der Waals surface area contributed by atoms with E-state index in [1.54, 1.807) is 19.5 Å². The number of anilines is 1. The maximum absolute atomic E-state index is 5.92. The molecule has 0 unspecified atom stereocenters. The van der Waals surface area contributed by atoms with E-state index in [-0.39, 0.29) is 0 Å². The number of nitrogens with zero attached hydrogens (tertiary/aromatic N) is 5. The normalized spacial score (nSPS) is 24.0. The van der Waals surface area contributed by atoms with Crippen LogP contribution in [0.25, 0.3) is 0 Å². The molecule has 2 saturated heterocycles. The minimum absolute atomic E-state index is 0.305. The molecule has 2 aromatic rings. The van der Waals surface area contributed by atoms with Crippen molar-refractivity contribution in [3.8, 4) is 5.88 Å². The van der Waals surface area contributed by atoms with E-state index in [1.807, 2.05) is 18.5 Å². The summed E-state index contributed by atoms with van der Waals surface area (Å²) in [5.41, 5.74) is 1.23. The topological polar surface area (TPSA) is 63.6 Å². The molecule has 2 aromatic heterocycles. The summed E-state index contributed by atoms with van der Waals surface area (Å²) >= 11 is 0. The number of hydrogen-bond donors (Lipinski definition) is 0. The van der Waals surface area contributed by atoms with Crippen LogP contribution in [0.1, 0.15) is 5.56 Å². The Bertz CT molecular complexity index is 699. The van der Waals surface area contributed by atoms with Crippen LogP contribution in [0.4, 0.5) is 5.82 Å². The fourth-order valence-electron chi connectivity index (χ4n) is 3.70. The average Bonchev–Trinajstić information content (AvgIpc) is 2.92. The van der Waals surface area contributed by atoms with Crippen molar-refractivity contribution in [2.45, 2.75) is 12.6 Å². The molecule has 2 fully saturated rings. The number of pyridine rings is 1. The van der Waals surface area contributed by atoms with E-state index in [0.717, 1.165) is 45.2 Å². The smallest absolute Gasteiger partial charge is 0.257 e. The molecule has 0 aromatic carbocycles. The second kappa shape index (κ2) is 7.33. The molecule has 0 N–H and O–H groups in total. The molecular weight excluding hydrogens is 318 g/mol. The van der Waals surface area contributed by atoms with Crippen LogP contribution in [0.2, 0.25) is 0 Å². The summed E-state index contributed by atoms with van der Waals surface area (Å²) in [5, 5.41) is 0. The maximum atomic E-state index is 5.92. The molecule has 0 aliphatic carbocycles. The fraction of sp³-hybridized carbons (Fsp3) is 0.500. The van der Waals surface area contributed by atoms with Gasteiger partial charge in [-0.25, -0.2) is 9.97 Å². The lowest BCUT2D eigenvalue weighted by Crippen LogP contribution is -2.44. The Labute approximate surface area is 147 Å². The van der Waals surface area contributed by atoms with Gasteiger partial charge in [-0.05, 0) is 11.6 Å². The van der Waals surface area contributed by atoms with Gasteiger partial charge in [0.25, 0.3) is 5.88 Å². The highest BCUT2D eigenvalue weighted by Gasteiger charge is 2.34. The Kier molecular flexibility index (Phi) is 4.76. The van der Waals surface area contributed by atoms with Crippen molar-refractivity contribution in [1.82, 2.24) is 19.9 Å². The Hall–Kier alpha value is -2.25. The Morgan fingerprint density at radius 2 is 2.08 bits per heavy atom. The lowest BCUT2D eigenvalue weighted by atomic mass is 10.1. The van der Waals surface area contributed by atoms with Gasteiger partial charge in [-0.15, -0.1) is 0 Å². The summed E-state index contributed by atoms with van der Waals surface area (Å²) in [6.07, 6.45) is 7.15. The first-order valence-corrected chi connectivity index (χ1v) is 8.64. The highest BCUT2D eigenvalue weighted by molar-refractivity contribution is 5.48. The second-order valence-electron chi connectivity index (χ2n) is 6.64. The lowest BCUT2D eigenvalue weighted by Gasteiger charge is -2.32. The first kappa shape index (κ1) is 16.2. The summed E-state index contributed by atoms with van der Waals surface area (Å²) in [5.74, 6) is 1.84. The zero-order chi connectivity index (χ0) is 17.1. The quantitative estimate of drug-likeness (QED) is 0.828. The minimum atomic E-state index is 0.305. The monoisotopic (exact) mass is 341 g/mol. The molecule has 25 heavy (non-hydrogen) atoms. The maximum Gasteiger partial charge on any atom is 0.257 e. The summed E-state index contributed by atoms with van der Waals surface area (Å²) in [6.45, 7) is 5.16. The minimum Gasteiger partial charge on any atom is -0.478 e. The molecule has 4 rings (SSSR count). The van der Waals surface area contributed by atoms with E-state index in [4.69, 9.17) is 9.47 Å². The largest absolute Gasteiger partial charge is 0.478 e. The van der Waals surface area contributed by atoms with Gasteiger partial charge in [0, 0.05) is 56.9 Å². The molecular formula is C18H23N5O2. The van der Waals surface area contributed by atoms with E-state index in [9.17, 15) is 0 Å². The number of ether oxygens (including phenoxy) is 2. The van der Waals surface area contributed by atoms with Crippen molar-refractivity contribution in [2.24, 2.45) is 5.92 Å². The third-order valence-electron chi connectivity index (χ3n) is 4.83. The molecule has 4 heterocycles. The van der Waals surface area contributed by atoms with E-state index in [0.29, 0.717) is 17.8 Å². The summed E-state index contributed by atoms with van der Waals surface area (Å²) in [7, 11) is 1.64. The number of rotatable bonds is 4. The molecule has 2 aliphatic heterocycles. The molecule has 7 heteroatoms. The van der Waals surface area contributed by atoms with Crippen LogP contribution in [0.5, 0.6) is 5.88 Å². The summed E-state index contributed by atoms with van der Waals surface area (Å²) < 4.78 is 11.3. The van der Waals surface area contributed by atoms with Gasteiger partial charge in [-0.3, -0.25) is 9.88 Å². The molecule has 132 valence electrons. The van der Waals surface area contributed by atoms with Crippen LogP contribution in [-0.4, -0.2) is 65.9 Å². The molecule has 2 bridgehead atoms. The Morgan fingerprint density at radius 3 is 2.92 bits per heavy atom. The fourth-order valence-corrected chi connectivity index (χ4v) is 3.70. The van der Waals surface area contributed by atoms with Crippen molar-refractivity contribution >= 4 is 5.82 Å². The molecule has 7 nitrogen and oxygen atoms in total. The Balaban J connectivity index is 1.57. The Morgan fingerprint density at radius 1 is 1.16 bits per heavy atom. The van der Waals surface area contributed by atoms with Gasteiger partial charge in [0.05, 0.1) is 26.4 Å². The van der Waals surface area contributed by atoms with Gasteiger partial charge in [0.1, 0.15) is 0 Å². The van der Waals surface area contributed by atoms with Crippen LogP contribution in [0, 0.1) is 5.92 Å². The van der Waals surface area contributed by atoms with Crippen LogP contribution in [0.15, 0.2) is 36.9 Å². The van der Waals surface area contributed by atoms with E-state index >= 15 is 0 Å². The first-order chi connectivity index (χ1) is 12.3. The highest BCUT2D eigenvalue weighted by Crippen LogP contribution is 2.28. The van der Waals surface area contributed by atoms with Gasteiger partial charge >= 0.3 is 0 Å². The van der Waals surface area contributed by atoms with Crippen molar-refractivity contribution < 1.29 is 9.47 Å². The molecule has 0 amide bonds. The summed E-state index contributed by atoms with van der Waals surface area (Å²) in [4.78, 5) is 17.9. The third-order valence-corrected chi connectivity index (χ3v) is 4.83. The van der Waals surface area contributed by atoms with Gasteiger partial charge in [0.15, 0.2) is 5.82 Å². The lowest BCUT2D eigenvalue weighted by molar-refractivity contribution is 0.0870. The number of hydrogen-bond acceptors (Lipinski definition) is 7. The highest BCUT2D eigenvalue weighted by atomic mass is 16.5. The van der Waals surface area contributed by atoms with E-state index in [2.05, 4.69) is 30.8 Å². The standard InChI is InChI=1S/C18H23N5O2/c1-24-18-17(20-5-6-21-18)23-10-15-9-22(16(11-23)13-25-12-15)8-14-3-2-4-19-7-14/h2-7,15-16H,8-13H2,1H3/t15-,16+/m1/s1. The van der Waals surface area contributed by atoms with Crippen LogP contribution < -0.4 is 9.64 Å². The van der Waals surface area contributed by atoms with E-state index in [1.165, 1.54) is 5.56 Å². The molecule has 2 atom stereocenters. The van der Waals surface area contributed by atoms with E-state index < -0.39 is 0 Å². The predicted octanol–water partition coefficient (Wildman–Crippen LogP) is 1.22. The van der Waals surface area contributed by atoms with Gasteiger partial charge in [0.2, 0.25) is 0 Å². The van der Waals surface area contributed by atoms with Crippen molar-refractivity contribution in [3.63, 3.8) is 0 Å². The summed E-state index contributed by atoms with van der Waals surface area (Å²) in [6, 6.07) is 4.43. The van der Waals surface area contributed by atoms with Gasteiger partial charge < -0.3 is 14.4 Å².